The second-order valence-corrected chi connectivity index (χ2v) is 6.85. The molecule has 0 heterocycles. The van der Waals surface area contributed by atoms with Crippen LogP contribution in [0, 0.1) is 0 Å². The van der Waals surface area contributed by atoms with Gasteiger partial charge >= 0.3 is 21.8 Å². The summed E-state index contributed by atoms with van der Waals surface area (Å²) in [5.74, 6) is -2.24. The molecule has 0 spiro atoms. The van der Waals surface area contributed by atoms with E-state index in [-0.39, 0.29) is 6.08 Å². The highest BCUT2D eigenvalue weighted by Crippen LogP contribution is 2.33. The number of hydrogen-bond acceptors (Lipinski definition) is 3. The predicted molar refractivity (Wildman–Crippen MR) is 85.8 cm³/mol. The first-order chi connectivity index (χ1) is 12.4. The molecule has 146 valence electrons. The van der Waals surface area contributed by atoms with Crippen LogP contribution in [0.15, 0.2) is 66.4 Å². The quantitative estimate of drug-likeness (QED) is 0.294. The van der Waals surface area contributed by atoms with Gasteiger partial charge in [-0.25, -0.2) is 0 Å². The van der Waals surface area contributed by atoms with Crippen LogP contribution < -0.4 is 0 Å². The van der Waals surface area contributed by atoms with Gasteiger partial charge in [-0.05, 0) is 29.2 Å². The van der Waals surface area contributed by atoms with Crippen LogP contribution >= 0.6 is 0 Å². The Kier molecular flexibility index (Phi) is 5.88. The lowest BCUT2D eigenvalue weighted by atomic mass is 10.0. The fourth-order valence-corrected chi connectivity index (χ4v) is 2.53. The summed E-state index contributed by atoms with van der Waals surface area (Å²) in [6.45, 7) is 0. The molecule has 0 radical (unpaired) electrons. The van der Waals surface area contributed by atoms with Gasteiger partial charge in [-0.2, -0.15) is 34.8 Å². The van der Waals surface area contributed by atoms with Crippen molar-refractivity contribution in [1.82, 2.24) is 0 Å². The number of halogens is 6. The first-order valence-electron chi connectivity index (χ1n) is 7.32. The number of hydrogen-bond donors (Lipinski definition) is 0. The Morgan fingerprint density at radius 3 is 1.85 bits per heavy atom. The maximum Gasteiger partial charge on any atom is 0.534 e. The first-order valence-corrected chi connectivity index (χ1v) is 8.73. The lowest BCUT2D eigenvalue weighted by molar-refractivity contribution is -0.120. The number of alkyl halides is 6. The fraction of sp³-hybridized carbons (Fsp3) is 0.176. The second kappa shape index (κ2) is 7.63. The average Bonchev–Trinajstić information content (AvgIpc) is 2.58. The molecule has 0 aromatic heterocycles. The van der Waals surface area contributed by atoms with E-state index < -0.39 is 34.0 Å². The van der Waals surface area contributed by atoms with Gasteiger partial charge in [-0.1, -0.05) is 54.6 Å². The van der Waals surface area contributed by atoms with Gasteiger partial charge in [0, 0.05) is 0 Å². The standard InChI is InChI=1S/C17H12F6O3S/c18-16(19,20)15(26-27(24,25)17(21,22)23)11-8-12-6-9-14(10-7-12)13-4-2-1-3-5-13/h1-7,9-11H,8H2. The minimum Gasteiger partial charge on any atom is -0.371 e. The third-order valence-corrected chi connectivity index (χ3v) is 4.31. The van der Waals surface area contributed by atoms with Gasteiger partial charge in [0.15, 0.2) is 0 Å². The lowest BCUT2D eigenvalue weighted by Gasteiger charge is -2.14. The third kappa shape index (κ3) is 5.49. The molecule has 27 heavy (non-hydrogen) atoms. The van der Waals surface area contributed by atoms with Crippen molar-refractivity contribution in [2.75, 3.05) is 0 Å². The van der Waals surface area contributed by atoms with Gasteiger partial charge < -0.3 is 4.18 Å². The van der Waals surface area contributed by atoms with Crippen molar-refractivity contribution in [3.8, 4) is 11.1 Å². The molecule has 0 aliphatic rings. The summed E-state index contributed by atoms with van der Waals surface area (Å²) < 4.78 is 100. The van der Waals surface area contributed by atoms with Crippen molar-refractivity contribution >= 4 is 10.1 Å². The summed E-state index contributed by atoms with van der Waals surface area (Å²) >= 11 is 0. The zero-order valence-electron chi connectivity index (χ0n) is 13.4. The van der Waals surface area contributed by atoms with E-state index in [1.54, 1.807) is 24.3 Å². The maximum absolute atomic E-state index is 12.8. The molecule has 0 unspecified atom stereocenters. The van der Waals surface area contributed by atoms with Crippen molar-refractivity contribution in [3.63, 3.8) is 0 Å². The number of rotatable bonds is 5. The van der Waals surface area contributed by atoms with E-state index in [0.29, 0.717) is 5.56 Å². The Balaban J connectivity index is 2.21. The molecule has 2 aromatic carbocycles. The van der Waals surface area contributed by atoms with E-state index in [4.69, 9.17) is 0 Å². The molecular formula is C17H12F6O3S. The van der Waals surface area contributed by atoms with Crippen LogP contribution in [0.2, 0.25) is 0 Å². The van der Waals surface area contributed by atoms with Crippen LogP contribution in [0.4, 0.5) is 26.3 Å². The van der Waals surface area contributed by atoms with Crippen LogP contribution in [-0.2, 0) is 20.7 Å². The summed E-state index contributed by atoms with van der Waals surface area (Å²) in [5.41, 5.74) is -3.98. The van der Waals surface area contributed by atoms with Gasteiger partial charge in [0.2, 0.25) is 5.76 Å². The SMILES string of the molecule is O=S(=O)(OC(=CCc1ccc(-c2ccccc2)cc1)C(F)(F)F)C(F)(F)F. The molecule has 0 saturated heterocycles. The lowest BCUT2D eigenvalue weighted by Crippen LogP contribution is -2.29. The monoisotopic (exact) mass is 410 g/mol. The highest BCUT2D eigenvalue weighted by atomic mass is 32.2. The summed E-state index contributed by atoms with van der Waals surface area (Å²) in [4.78, 5) is 0. The van der Waals surface area contributed by atoms with Gasteiger partial charge in [0.05, 0.1) is 0 Å². The third-order valence-electron chi connectivity index (χ3n) is 3.35. The Hall–Kier alpha value is -2.49. The molecule has 0 aliphatic carbocycles. The van der Waals surface area contributed by atoms with Crippen LogP contribution in [0.3, 0.4) is 0 Å². The van der Waals surface area contributed by atoms with E-state index in [9.17, 15) is 34.8 Å². The summed E-state index contributed by atoms with van der Waals surface area (Å²) in [5, 5.41) is 0. The van der Waals surface area contributed by atoms with Gasteiger partial charge in [0.25, 0.3) is 0 Å². The zero-order valence-corrected chi connectivity index (χ0v) is 14.2. The van der Waals surface area contributed by atoms with Crippen molar-refractivity contribution in [2.45, 2.75) is 18.1 Å². The molecule has 0 saturated carbocycles. The van der Waals surface area contributed by atoms with Crippen LogP contribution in [0.5, 0.6) is 0 Å². The Morgan fingerprint density at radius 2 is 1.37 bits per heavy atom. The van der Waals surface area contributed by atoms with Crippen LogP contribution in [0.25, 0.3) is 11.1 Å². The molecule has 0 fully saturated rings. The molecule has 10 heteroatoms. The van der Waals surface area contributed by atoms with E-state index in [1.807, 2.05) is 18.2 Å². The van der Waals surface area contributed by atoms with Gasteiger partial charge in [-0.15, -0.1) is 0 Å². The van der Waals surface area contributed by atoms with Crippen LogP contribution in [-0.4, -0.2) is 20.1 Å². The minimum absolute atomic E-state index is 0.251. The minimum atomic E-state index is -6.42. The highest BCUT2D eigenvalue weighted by molar-refractivity contribution is 7.87. The molecule has 0 aliphatic heterocycles. The van der Waals surface area contributed by atoms with Crippen molar-refractivity contribution in [3.05, 3.63) is 72.0 Å². The fourth-order valence-electron chi connectivity index (χ4n) is 2.04. The van der Waals surface area contributed by atoms with Gasteiger partial charge in [-0.3, -0.25) is 0 Å². The van der Waals surface area contributed by atoms with Crippen LogP contribution in [0.1, 0.15) is 5.56 Å². The highest BCUT2D eigenvalue weighted by Gasteiger charge is 2.51. The van der Waals surface area contributed by atoms with Gasteiger partial charge in [0.1, 0.15) is 0 Å². The summed E-state index contributed by atoms with van der Waals surface area (Å²) in [7, 11) is -6.42. The first kappa shape index (κ1) is 20.8. The Labute approximate surface area is 151 Å². The smallest absolute Gasteiger partial charge is 0.371 e. The second-order valence-electron chi connectivity index (χ2n) is 5.32. The maximum atomic E-state index is 12.8. The predicted octanol–water partition coefficient (Wildman–Crippen LogP) is 5.21. The normalized spacial score (nSPS) is 13.5. The van der Waals surface area contributed by atoms with E-state index in [0.717, 1.165) is 11.1 Å². The molecule has 2 aromatic rings. The summed E-state index contributed by atoms with van der Waals surface area (Å²) in [6.07, 6.45) is -5.62. The number of benzene rings is 2. The Bertz CT molecular complexity index is 898. The zero-order chi connectivity index (χ0) is 20.3. The van der Waals surface area contributed by atoms with E-state index in [2.05, 4.69) is 4.18 Å². The molecular weight excluding hydrogens is 398 g/mol. The molecule has 2 rings (SSSR count). The molecule has 0 amide bonds. The molecule has 0 atom stereocenters. The number of allylic oxidation sites excluding steroid dienone is 2. The molecule has 3 nitrogen and oxygen atoms in total. The van der Waals surface area contributed by atoms with E-state index >= 15 is 0 Å². The van der Waals surface area contributed by atoms with Crippen molar-refractivity contribution in [1.29, 1.82) is 0 Å². The molecule has 0 bridgehead atoms. The van der Waals surface area contributed by atoms with Crippen molar-refractivity contribution in [2.24, 2.45) is 0 Å². The Morgan fingerprint density at radius 1 is 0.852 bits per heavy atom. The topological polar surface area (TPSA) is 43.4 Å². The largest absolute Gasteiger partial charge is 0.534 e. The average molecular weight is 410 g/mol. The molecule has 0 N–H and O–H groups in total. The summed E-state index contributed by atoms with van der Waals surface area (Å²) in [6, 6.07) is 15.3. The van der Waals surface area contributed by atoms with E-state index in [1.165, 1.54) is 12.1 Å². The van der Waals surface area contributed by atoms with Crippen molar-refractivity contribution < 1.29 is 38.9 Å².